The summed E-state index contributed by atoms with van der Waals surface area (Å²) in [7, 11) is 1.32. The number of rotatable bonds is 4. The van der Waals surface area contributed by atoms with Gasteiger partial charge in [0.05, 0.1) is 24.9 Å². The molecule has 0 aromatic carbocycles. The van der Waals surface area contributed by atoms with Crippen LogP contribution < -0.4 is 0 Å². The van der Waals surface area contributed by atoms with Gasteiger partial charge in [0.15, 0.2) is 0 Å². The summed E-state index contributed by atoms with van der Waals surface area (Å²) in [6.07, 6.45) is 0.405. The number of fused-ring (bicyclic) bond motifs is 1. The lowest BCUT2D eigenvalue weighted by molar-refractivity contribution is -0.172. The van der Waals surface area contributed by atoms with E-state index in [-0.39, 0.29) is 35.1 Å². The SMILES string of the molecule is CCC(C(=O)OC1C2CC3C1OC(=O)C3C2C(=O)OC)C(C)(C)C. The fraction of sp³-hybridized carbons (Fsp3) is 0.833. The minimum absolute atomic E-state index is 0.0425. The van der Waals surface area contributed by atoms with E-state index < -0.39 is 30.0 Å². The average Bonchev–Trinajstić information content (AvgIpc) is 3.09. The fourth-order valence-electron chi connectivity index (χ4n) is 4.95. The van der Waals surface area contributed by atoms with E-state index >= 15 is 0 Å². The van der Waals surface area contributed by atoms with Crippen LogP contribution in [-0.2, 0) is 28.6 Å². The first kappa shape index (κ1) is 17.2. The lowest BCUT2D eigenvalue weighted by Crippen LogP contribution is -2.45. The molecule has 2 bridgehead atoms. The van der Waals surface area contributed by atoms with Gasteiger partial charge in [-0.3, -0.25) is 14.4 Å². The van der Waals surface area contributed by atoms with Crippen LogP contribution in [0.3, 0.4) is 0 Å². The van der Waals surface area contributed by atoms with Gasteiger partial charge in [-0.25, -0.2) is 0 Å². The van der Waals surface area contributed by atoms with Crippen molar-refractivity contribution in [3.8, 4) is 0 Å². The number of carbonyl (C=O) groups excluding carboxylic acids is 3. The molecule has 3 rings (SSSR count). The normalized spacial score (nSPS) is 38.0. The summed E-state index contributed by atoms with van der Waals surface area (Å²) in [4.78, 5) is 37.0. The molecule has 3 aliphatic rings. The van der Waals surface area contributed by atoms with Gasteiger partial charge in [-0.15, -0.1) is 0 Å². The largest absolute Gasteiger partial charge is 0.469 e. The summed E-state index contributed by atoms with van der Waals surface area (Å²) in [5.74, 6) is -2.50. The maximum atomic E-state index is 12.7. The molecular formula is C18H26O6. The Morgan fingerprint density at radius 3 is 2.50 bits per heavy atom. The van der Waals surface area contributed by atoms with Crippen molar-refractivity contribution in [1.29, 1.82) is 0 Å². The summed E-state index contributed by atoms with van der Waals surface area (Å²) in [6, 6.07) is 0. The molecule has 6 nitrogen and oxygen atoms in total. The zero-order valence-electron chi connectivity index (χ0n) is 14.9. The minimum Gasteiger partial charge on any atom is -0.469 e. The van der Waals surface area contributed by atoms with Gasteiger partial charge in [-0.2, -0.15) is 0 Å². The van der Waals surface area contributed by atoms with Gasteiger partial charge in [0, 0.05) is 11.8 Å². The van der Waals surface area contributed by atoms with E-state index in [9.17, 15) is 14.4 Å². The van der Waals surface area contributed by atoms with Gasteiger partial charge in [-0.1, -0.05) is 27.7 Å². The van der Waals surface area contributed by atoms with E-state index in [4.69, 9.17) is 14.2 Å². The highest BCUT2D eigenvalue weighted by Crippen LogP contribution is 2.59. The summed E-state index contributed by atoms with van der Waals surface area (Å²) in [5, 5.41) is 0. The fourth-order valence-corrected chi connectivity index (χ4v) is 4.95. The van der Waals surface area contributed by atoms with Gasteiger partial charge in [0.1, 0.15) is 12.2 Å². The third-order valence-electron chi connectivity index (χ3n) is 6.01. The van der Waals surface area contributed by atoms with Crippen LogP contribution in [0.5, 0.6) is 0 Å². The molecule has 134 valence electrons. The predicted molar refractivity (Wildman–Crippen MR) is 83.6 cm³/mol. The molecule has 0 aromatic heterocycles. The monoisotopic (exact) mass is 338 g/mol. The number of methoxy groups -OCH3 is 1. The number of ether oxygens (including phenoxy) is 3. The van der Waals surface area contributed by atoms with E-state index in [0.717, 1.165) is 0 Å². The number of hydrogen-bond donors (Lipinski definition) is 0. The highest BCUT2D eigenvalue weighted by molar-refractivity contribution is 5.86. The molecule has 3 fully saturated rings. The van der Waals surface area contributed by atoms with E-state index in [0.29, 0.717) is 12.8 Å². The molecule has 2 aliphatic carbocycles. The first-order chi connectivity index (χ1) is 11.2. The molecule has 1 heterocycles. The Bertz CT molecular complexity index is 562. The predicted octanol–water partition coefficient (Wildman–Crippen LogP) is 1.95. The van der Waals surface area contributed by atoms with Crippen molar-refractivity contribution in [3.05, 3.63) is 0 Å². The lowest BCUT2D eigenvalue weighted by Gasteiger charge is -2.33. The highest BCUT2D eigenvalue weighted by atomic mass is 16.6. The molecule has 7 atom stereocenters. The highest BCUT2D eigenvalue weighted by Gasteiger charge is 2.70. The van der Waals surface area contributed by atoms with Crippen LogP contribution in [0.25, 0.3) is 0 Å². The molecular weight excluding hydrogens is 312 g/mol. The third kappa shape index (κ3) is 2.42. The van der Waals surface area contributed by atoms with Gasteiger partial charge in [0.2, 0.25) is 0 Å². The average molecular weight is 338 g/mol. The Kier molecular flexibility index (Phi) is 4.12. The van der Waals surface area contributed by atoms with Crippen molar-refractivity contribution < 1.29 is 28.6 Å². The number of carbonyl (C=O) groups is 3. The van der Waals surface area contributed by atoms with E-state index in [1.807, 2.05) is 27.7 Å². The minimum atomic E-state index is -0.557. The zero-order chi connectivity index (χ0) is 17.8. The van der Waals surface area contributed by atoms with Crippen molar-refractivity contribution in [1.82, 2.24) is 0 Å². The standard InChI is InChI=1S/C18H26O6/c1-6-10(18(2,3)4)15(19)23-13-8-7-9-12(11(8)16(20)22-5)17(21)24-14(9)13/h8-14H,6-7H2,1-5H3. The van der Waals surface area contributed by atoms with Crippen LogP contribution in [0.15, 0.2) is 0 Å². The lowest BCUT2D eigenvalue weighted by atomic mass is 9.77. The molecule has 7 unspecified atom stereocenters. The maximum absolute atomic E-state index is 12.7. The van der Waals surface area contributed by atoms with E-state index in [2.05, 4.69) is 0 Å². The molecule has 1 saturated heterocycles. The van der Waals surface area contributed by atoms with Crippen LogP contribution >= 0.6 is 0 Å². The van der Waals surface area contributed by atoms with Gasteiger partial charge in [-0.05, 0) is 18.3 Å². The van der Waals surface area contributed by atoms with Crippen LogP contribution in [0, 0.1) is 35.0 Å². The second-order valence-electron chi connectivity index (χ2n) is 8.27. The molecule has 6 heteroatoms. The number of esters is 3. The number of hydrogen-bond acceptors (Lipinski definition) is 6. The third-order valence-corrected chi connectivity index (χ3v) is 6.01. The second kappa shape index (κ2) is 5.74. The van der Waals surface area contributed by atoms with Crippen molar-refractivity contribution >= 4 is 17.9 Å². The van der Waals surface area contributed by atoms with Crippen molar-refractivity contribution in [2.75, 3.05) is 7.11 Å². The summed E-state index contributed by atoms with van der Waals surface area (Å²) < 4.78 is 16.1. The smallest absolute Gasteiger partial charge is 0.310 e. The summed E-state index contributed by atoms with van der Waals surface area (Å²) in [5.41, 5.74) is -0.208. The molecule has 2 saturated carbocycles. The van der Waals surface area contributed by atoms with Crippen LogP contribution in [0.2, 0.25) is 0 Å². The molecule has 0 radical (unpaired) electrons. The first-order valence-corrected chi connectivity index (χ1v) is 8.69. The van der Waals surface area contributed by atoms with Crippen molar-refractivity contribution in [3.63, 3.8) is 0 Å². The second-order valence-corrected chi connectivity index (χ2v) is 8.27. The molecule has 0 spiro atoms. The molecule has 24 heavy (non-hydrogen) atoms. The van der Waals surface area contributed by atoms with Crippen LogP contribution in [0.4, 0.5) is 0 Å². The summed E-state index contributed by atoms with van der Waals surface area (Å²) >= 11 is 0. The van der Waals surface area contributed by atoms with E-state index in [1.165, 1.54) is 7.11 Å². The van der Waals surface area contributed by atoms with Crippen LogP contribution in [0.1, 0.15) is 40.5 Å². The van der Waals surface area contributed by atoms with Gasteiger partial charge < -0.3 is 14.2 Å². The Morgan fingerprint density at radius 2 is 1.96 bits per heavy atom. The van der Waals surface area contributed by atoms with E-state index in [1.54, 1.807) is 0 Å². The molecule has 0 aromatic rings. The van der Waals surface area contributed by atoms with Gasteiger partial charge >= 0.3 is 17.9 Å². The Morgan fingerprint density at radius 1 is 1.29 bits per heavy atom. The molecule has 0 N–H and O–H groups in total. The summed E-state index contributed by atoms with van der Waals surface area (Å²) in [6.45, 7) is 7.98. The quantitative estimate of drug-likeness (QED) is 0.576. The molecule has 0 amide bonds. The zero-order valence-corrected chi connectivity index (χ0v) is 14.9. The Hall–Kier alpha value is -1.59. The van der Waals surface area contributed by atoms with Gasteiger partial charge in [0.25, 0.3) is 0 Å². The molecule has 1 aliphatic heterocycles. The topological polar surface area (TPSA) is 78.9 Å². The first-order valence-electron chi connectivity index (χ1n) is 8.69. The van der Waals surface area contributed by atoms with Crippen LogP contribution in [-0.4, -0.2) is 37.2 Å². The Balaban J connectivity index is 1.81. The van der Waals surface area contributed by atoms with Crippen molar-refractivity contribution in [2.24, 2.45) is 35.0 Å². The maximum Gasteiger partial charge on any atom is 0.310 e. The van der Waals surface area contributed by atoms with Crippen molar-refractivity contribution in [2.45, 2.75) is 52.7 Å². The Labute approximate surface area is 142 Å².